The van der Waals surface area contributed by atoms with Crippen molar-refractivity contribution >= 4 is 16.9 Å². The Kier molecular flexibility index (Phi) is 2.32. The Hall–Kier alpha value is -2.08. The zero-order valence-electron chi connectivity index (χ0n) is 10.9. The molecule has 2 aromatic rings. The average molecular weight is 273 g/mol. The minimum Gasteiger partial charge on any atom is -0.389 e. The van der Waals surface area contributed by atoms with Crippen molar-refractivity contribution in [1.82, 2.24) is 14.5 Å². The number of carbonyl (C=O) groups is 1. The highest BCUT2D eigenvalue weighted by molar-refractivity contribution is 5.97. The Morgan fingerprint density at radius 3 is 2.70 bits per heavy atom. The number of β-amino-alcohol motifs (C(OH)–C–C–N with tert-alkyl or cyclic N) is 1. The first-order valence-corrected chi connectivity index (χ1v) is 6.85. The van der Waals surface area contributed by atoms with Crippen LogP contribution in [-0.4, -0.2) is 44.7 Å². The maximum absolute atomic E-state index is 12.2. The molecule has 4 rings (SSSR count). The van der Waals surface area contributed by atoms with Gasteiger partial charge in [-0.15, -0.1) is 0 Å². The summed E-state index contributed by atoms with van der Waals surface area (Å²) in [5.74, 6) is -0.0896. The fourth-order valence-electron chi connectivity index (χ4n) is 2.75. The van der Waals surface area contributed by atoms with E-state index < -0.39 is 6.10 Å². The molecule has 104 valence electrons. The number of nitrogens with zero attached hydrogens (tertiary/aromatic N) is 2. The van der Waals surface area contributed by atoms with Crippen molar-refractivity contribution < 1.29 is 9.90 Å². The summed E-state index contributed by atoms with van der Waals surface area (Å²) in [6.07, 6.45) is 1.63. The number of likely N-dealkylation sites (tertiary alicyclic amines) is 1. The van der Waals surface area contributed by atoms with Gasteiger partial charge in [0.1, 0.15) is 0 Å². The van der Waals surface area contributed by atoms with Crippen molar-refractivity contribution in [3.05, 3.63) is 34.2 Å². The molecular formula is C14H15N3O3. The fraction of sp³-hybridized carbons (Fsp3) is 0.429. The van der Waals surface area contributed by atoms with Gasteiger partial charge < -0.3 is 15.0 Å². The van der Waals surface area contributed by atoms with E-state index in [1.807, 2.05) is 0 Å². The molecule has 1 saturated carbocycles. The quantitative estimate of drug-likeness (QED) is 0.835. The van der Waals surface area contributed by atoms with Crippen molar-refractivity contribution in [1.29, 1.82) is 0 Å². The molecule has 1 aromatic heterocycles. The molecule has 1 aliphatic heterocycles. The van der Waals surface area contributed by atoms with Crippen LogP contribution in [-0.2, 0) is 0 Å². The van der Waals surface area contributed by atoms with Crippen LogP contribution in [0.25, 0.3) is 11.0 Å². The number of hydrogen-bond donors (Lipinski definition) is 2. The van der Waals surface area contributed by atoms with E-state index in [1.165, 1.54) is 0 Å². The summed E-state index contributed by atoms with van der Waals surface area (Å²) in [5.41, 5.74) is 2.02. The summed E-state index contributed by atoms with van der Waals surface area (Å²) in [4.78, 5) is 28.6. The van der Waals surface area contributed by atoms with Gasteiger partial charge in [0, 0.05) is 24.7 Å². The minimum absolute atomic E-state index is 0.0896. The van der Waals surface area contributed by atoms with Crippen molar-refractivity contribution in [2.45, 2.75) is 25.0 Å². The molecule has 20 heavy (non-hydrogen) atoms. The summed E-state index contributed by atoms with van der Waals surface area (Å²) in [6.45, 7) is 0.777. The van der Waals surface area contributed by atoms with E-state index >= 15 is 0 Å². The third-order valence-corrected chi connectivity index (χ3v) is 4.03. The van der Waals surface area contributed by atoms with E-state index in [0.29, 0.717) is 18.7 Å². The van der Waals surface area contributed by atoms with Crippen molar-refractivity contribution in [3.8, 4) is 0 Å². The normalized spacial score (nSPS) is 19.4. The molecule has 1 aliphatic carbocycles. The van der Waals surface area contributed by atoms with E-state index in [2.05, 4.69) is 4.98 Å². The number of aliphatic hydroxyl groups is 1. The summed E-state index contributed by atoms with van der Waals surface area (Å²) in [6, 6.07) is 5.55. The van der Waals surface area contributed by atoms with Gasteiger partial charge in [-0.1, -0.05) is 0 Å². The molecule has 2 N–H and O–H groups in total. The SMILES string of the molecule is O=C(c1ccc2[nH]c(=O)n(C3CC3)c2c1)N1CC(O)C1. The van der Waals surface area contributed by atoms with Crippen LogP contribution < -0.4 is 5.69 Å². The second-order valence-corrected chi connectivity index (χ2v) is 5.63. The number of aromatic nitrogens is 2. The highest BCUT2D eigenvalue weighted by atomic mass is 16.3. The number of benzene rings is 1. The van der Waals surface area contributed by atoms with Gasteiger partial charge in [-0.2, -0.15) is 0 Å². The molecule has 0 bridgehead atoms. The molecule has 0 spiro atoms. The average Bonchev–Trinajstić information content (AvgIpc) is 3.16. The Balaban J connectivity index is 1.76. The van der Waals surface area contributed by atoms with E-state index in [1.54, 1.807) is 27.7 Å². The summed E-state index contributed by atoms with van der Waals surface area (Å²) < 4.78 is 1.75. The van der Waals surface area contributed by atoms with E-state index in [-0.39, 0.29) is 17.6 Å². The first-order valence-electron chi connectivity index (χ1n) is 6.85. The highest BCUT2D eigenvalue weighted by Gasteiger charge is 2.31. The van der Waals surface area contributed by atoms with Gasteiger partial charge in [0.15, 0.2) is 0 Å². The molecular weight excluding hydrogens is 258 g/mol. The van der Waals surface area contributed by atoms with Gasteiger partial charge in [0.25, 0.3) is 5.91 Å². The number of rotatable bonds is 2. The van der Waals surface area contributed by atoms with E-state index in [0.717, 1.165) is 23.9 Å². The van der Waals surface area contributed by atoms with Gasteiger partial charge in [0.2, 0.25) is 0 Å². The summed E-state index contributed by atoms with van der Waals surface area (Å²) in [5, 5.41) is 9.27. The van der Waals surface area contributed by atoms with Gasteiger partial charge in [0.05, 0.1) is 17.1 Å². The number of H-pyrrole nitrogens is 1. The second-order valence-electron chi connectivity index (χ2n) is 5.63. The van der Waals surface area contributed by atoms with Crippen molar-refractivity contribution in [3.63, 3.8) is 0 Å². The van der Waals surface area contributed by atoms with Crippen LogP contribution in [0, 0.1) is 0 Å². The zero-order chi connectivity index (χ0) is 13.9. The van der Waals surface area contributed by atoms with Crippen molar-refractivity contribution in [2.24, 2.45) is 0 Å². The lowest BCUT2D eigenvalue weighted by Gasteiger charge is -2.35. The number of aromatic amines is 1. The van der Waals surface area contributed by atoms with Crippen LogP contribution in [0.2, 0.25) is 0 Å². The number of nitrogens with one attached hydrogen (secondary N) is 1. The van der Waals surface area contributed by atoms with Crippen LogP contribution in [0.4, 0.5) is 0 Å². The number of hydrogen-bond acceptors (Lipinski definition) is 3. The van der Waals surface area contributed by atoms with Crippen LogP contribution >= 0.6 is 0 Å². The van der Waals surface area contributed by atoms with Gasteiger partial charge >= 0.3 is 5.69 Å². The lowest BCUT2D eigenvalue weighted by molar-refractivity contribution is 0.00590. The number of aliphatic hydroxyl groups excluding tert-OH is 1. The van der Waals surface area contributed by atoms with Crippen LogP contribution in [0.15, 0.2) is 23.0 Å². The Bertz CT molecular complexity index is 751. The highest BCUT2D eigenvalue weighted by Crippen LogP contribution is 2.35. The van der Waals surface area contributed by atoms with Crippen LogP contribution in [0.5, 0.6) is 0 Å². The molecule has 1 amide bonds. The first-order chi connectivity index (χ1) is 9.63. The molecule has 0 radical (unpaired) electrons. The molecule has 6 heteroatoms. The molecule has 2 aliphatic rings. The third kappa shape index (κ3) is 1.68. The monoisotopic (exact) mass is 273 g/mol. The molecule has 1 aromatic carbocycles. The number of fused-ring (bicyclic) bond motifs is 1. The van der Waals surface area contributed by atoms with Crippen LogP contribution in [0.3, 0.4) is 0 Å². The second kappa shape index (κ2) is 3.96. The molecule has 2 heterocycles. The van der Waals surface area contributed by atoms with Gasteiger partial charge in [-0.05, 0) is 31.0 Å². The topological polar surface area (TPSA) is 78.3 Å². The standard InChI is InChI=1S/C14H15N3O3/c18-10-6-16(7-10)13(19)8-1-4-11-12(5-8)17(9-2-3-9)14(20)15-11/h1,4-5,9-10,18H,2-3,6-7H2,(H,15,20). The van der Waals surface area contributed by atoms with E-state index in [4.69, 9.17) is 0 Å². The minimum atomic E-state index is -0.403. The maximum atomic E-state index is 12.2. The summed E-state index contributed by atoms with van der Waals surface area (Å²) >= 11 is 0. The molecule has 1 saturated heterocycles. The lowest BCUT2D eigenvalue weighted by Crippen LogP contribution is -2.53. The Morgan fingerprint density at radius 1 is 1.30 bits per heavy atom. The van der Waals surface area contributed by atoms with E-state index in [9.17, 15) is 14.7 Å². The Morgan fingerprint density at radius 2 is 2.05 bits per heavy atom. The largest absolute Gasteiger partial charge is 0.389 e. The fourth-order valence-corrected chi connectivity index (χ4v) is 2.75. The van der Waals surface area contributed by atoms with Gasteiger partial charge in [-0.25, -0.2) is 4.79 Å². The molecule has 0 unspecified atom stereocenters. The van der Waals surface area contributed by atoms with Gasteiger partial charge in [-0.3, -0.25) is 9.36 Å². The smallest absolute Gasteiger partial charge is 0.326 e. The molecule has 0 atom stereocenters. The number of imidazole rings is 1. The number of carbonyl (C=O) groups excluding carboxylic acids is 1. The number of amides is 1. The Labute approximate surface area is 114 Å². The third-order valence-electron chi connectivity index (χ3n) is 4.03. The molecule has 6 nitrogen and oxygen atoms in total. The van der Waals surface area contributed by atoms with Crippen molar-refractivity contribution in [2.75, 3.05) is 13.1 Å². The first kappa shape index (κ1) is 11.7. The van der Waals surface area contributed by atoms with Crippen LogP contribution in [0.1, 0.15) is 29.2 Å². The predicted octanol–water partition coefficient (Wildman–Crippen LogP) is 0.481. The molecule has 2 fully saturated rings. The lowest BCUT2D eigenvalue weighted by atomic mass is 10.1. The maximum Gasteiger partial charge on any atom is 0.326 e. The summed E-state index contributed by atoms with van der Waals surface area (Å²) in [7, 11) is 0. The predicted molar refractivity (Wildman–Crippen MR) is 72.7 cm³/mol. The zero-order valence-corrected chi connectivity index (χ0v) is 10.9.